The highest BCUT2D eigenvalue weighted by molar-refractivity contribution is 5.87. The Hall–Kier alpha value is -3.97. The second kappa shape index (κ2) is 9.82. The molecule has 0 spiro atoms. The van der Waals surface area contributed by atoms with Gasteiger partial charge < -0.3 is 15.5 Å². The second-order valence-corrected chi connectivity index (χ2v) is 9.89. The van der Waals surface area contributed by atoms with Crippen molar-refractivity contribution in [3.05, 3.63) is 84.4 Å². The number of likely N-dealkylation sites (tertiary alicyclic amines) is 1. The molecule has 2 N–H and O–H groups in total. The normalized spacial score (nSPS) is 17.6. The first-order valence-electron chi connectivity index (χ1n) is 13.1. The average Bonchev–Trinajstić information content (AvgIpc) is 3.54. The van der Waals surface area contributed by atoms with E-state index in [0.717, 1.165) is 72.8 Å². The summed E-state index contributed by atoms with van der Waals surface area (Å²) in [6.45, 7) is 5.20. The number of aryl methyl sites for hydroxylation is 1. The van der Waals surface area contributed by atoms with Crippen molar-refractivity contribution in [2.45, 2.75) is 37.8 Å². The van der Waals surface area contributed by atoms with Crippen LogP contribution in [-0.4, -0.2) is 51.6 Å². The van der Waals surface area contributed by atoms with E-state index in [0.29, 0.717) is 12.1 Å². The lowest BCUT2D eigenvalue weighted by Gasteiger charge is -2.33. The Morgan fingerprint density at radius 3 is 2.59 bits per heavy atom. The molecule has 0 bridgehead atoms. The number of aromatic nitrogens is 3. The number of nitrogens with zero attached hydrogens (tertiary/aromatic N) is 4. The van der Waals surface area contributed by atoms with Crippen molar-refractivity contribution < 1.29 is 4.79 Å². The van der Waals surface area contributed by atoms with E-state index >= 15 is 0 Å². The van der Waals surface area contributed by atoms with E-state index < -0.39 is 0 Å². The Balaban J connectivity index is 1.29. The minimum absolute atomic E-state index is 0.0383. The largest absolute Gasteiger partial charge is 0.372 e. The monoisotopic (exact) mass is 492 g/mol. The van der Waals surface area contributed by atoms with Gasteiger partial charge in [-0.15, -0.1) is 5.10 Å². The molecule has 4 aromatic rings. The zero-order valence-corrected chi connectivity index (χ0v) is 21.2. The summed E-state index contributed by atoms with van der Waals surface area (Å²) in [4.78, 5) is 18.8. The van der Waals surface area contributed by atoms with Crippen LogP contribution in [0.15, 0.2) is 73.3 Å². The molecule has 1 amide bonds. The third kappa shape index (κ3) is 4.40. The van der Waals surface area contributed by atoms with Gasteiger partial charge in [-0.3, -0.25) is 4.79 Å². The molecule has 0 saturated carbocycles. The molecule has 188 valence electrons. The van der Waals surface area contributed by atoms with Crippen LogP contribution >= 0.6 is 0 Å². The molecule has 2 aromatic carbocycles. The van der Waals surface area contributed by atoms with Crippen molar-refractivity contribution in [1.29, 1.82) is 0 Å². The molecule has 1 fully saturated rings. The number of carbonyl (C=O) groups is 1. The summed E-state index contributed by atoms with van der Waals surface area (Å²) in [5.74, 6) is 0.840. The van der Waals surface area contributed by atoms with Gasteiger partial charge >= 0.3 is 0 Å². The number of amides is 1. The number of carbonyl (C=O) groups excluding carboxylic acids is 1. The van der Waals surface area contributed by atoms with Gasteiger partial charge in [0.25, 0.3) is 0 Å². The number of hydrogen-bond donors (Lipinski definition) is 2. The summed E-state index contributed by atoms with van der Waals surface area (Å²) in [6, 6.07) is 21.9. The summed E-state index contributed by atoms with van der Waals surface area (Å²) in [5.41, 5.74) is 7.75. The molecule has 1 aliphatic heterocycles. The molecule has 1 atom stereocenters. The first-order chi connectivity index (χ1) is 18.1. The predicted molar refractivity (Wildman–Crippen MR) is 147 cm³/mol. The highest BCUT2D eigenvalue weighted by atomic mass is 16.2. The fourth-order valence-electron chi connectivity index (χ4n) is 5.74. The number of nitrogens with one attached hydrogen (secondary N) is 2. The van der Waals surface area contributed by atoms with E-state index in [1.807, 2.05) is 34.7 Å². The maximum absolute atomic E-state index is 11.9. The second-order valence-electron chi connectivity index (χ2n) is 9.89. The van der Waals surface area contributed by atoms with Gasteiger partial charge in [0.1, 0.15) is 11.5 Å². The van der Waals surface area contributed by atoms with Crippen molar-refractivity contribution >= 4 is 17.4 Å². The predicted octanol–water partition coefficient (Wildman–Crippen LogP) is 4.86. The Morgan fingerprint density at radius 2 is 1.84 bits per heavy atom. The maximum Gasteiger partial charge on any atom is 0.245 e. The van der Waals surface area contributed by atoms with Crippen molar-refractivity contribution in [2.24, 2.45) is 0 Å². The van der Waals surface area contributed by atoms with Crippen LogP contribution in [0.4, 0.5) is 5.82 Å². The van der Waals surface area contributed by atoms with Crippen molar-refractivity contribution in [2.75, 3.05) is 25.5 Å². The fraction of sp³-hybridized carbons (Fsp3) is 0.300. The number of fused-ring (bicyclic) bond motifs is 2. The van der Waals surface area contributed by atoms with Gasteiger partial charge in [-0.1, -0.05) is 49.0 Å². The van der Waals surface area contributed by atoms with Gasteiger partial charge in [-0.25, -0.2) is 9.50 Å². The lowest BCUT2D eigenvalue weighted by atomic mass is 9.99. The van der Waals surface area contributed by atoms with Crippen LogP contribution in [-0.2, 0) is 11.2 Å². The van der Waals surface area contributed by atoms with E-state index in [1.54, 1.807) is 0 Å². The number of rotatable bonds is 6. The topological polar surface area (TPSA) is 74.6 Å². The Bertz CT molecular complexity index is 1450. The molecular weight excluding hydrogens is 460 g/mol. The molecular formula is C30H32N6O. The molecule has 37 heavy (non-hydrogen) atoms. The fourth-order valence-corrected chi connectivity index (χ4v) is 5.74. The van der Waals surface area contributed by atoms with Gasteiger partial charge in [0.2, 0.25) is 5.91 Å². The quantitative estimate of drug-likeness (QED) is 0.376. The van der Waals surface area contributed by atoms with Crippen LogP contribution in [0.3, 0.4) is 0 Å². The highest BCUT2D eigenvalue weighted by Crippen LogP contribution is 2.38. The molecule has 2 aliphatic rings. The molecule has 7 nitrogen and oxygen atoms in total. The average molecular weight is 493 g/mol. The Labute approximate surface area is 217 Å². The van der Waals surface area contributed by atoms with Gasteiger partial charge in [0, 0.05) is 43.3 Å². The zero-order valence-electron chi connectivity index (χ0n) is 21.2. The number of benzene rings is 2. The summed E-state index contributed by atoms with van der Waals surface area (Å²) in [5, 5.41) is 11.8. The van der Waals surface area contributed by atoms with Crippen LogP contribution in [0, 0.1) is 0 Å². The minimum atomic E-state index is 0.0383. The smallest absolute Gasteiger partial charge is 0.245 e. The molecule has 1 saturated heterocycles. The Morgan fingerprint density at radius 1 is 1.03 bits per heavy atom. The molecule has 2 aromatic heterocycles. The third-order valence-corrected chi connectivity index (χ3v) is 7.69. The molecule has 7 heteroatoms. The van der Waals surface area contributed by atoms with Crippen LogP contribution in [0.2, 0.25) is 0 Å². The van der Waals surface area contributed by atoms with Gasteiger partial charge in [-0.2, -0.15) is 0 Å². The van der Waals surface area contributed by atoms with Crippen molar-refractivity contribution in [3.63, 3.8) is 0 Å². The van der Waals surface area contributed by atoms with Crippen molar-refractivity contribution in [1.82, 2.24) is 24.8 Å². The molecule has 0 unspecified atom stereocenters. The minimum Gasteiger partial charge on any atom is -0.372 e. The van der Waals surface area contributed by atoms with Gasteiger partial charge in [0.05, 0.1) is 5.69 Å². The number of piperidine rings is 1. The van der Waals surface area contributed by atoms with Crippen LogP contribution < -0.4 is 10.6 Å². The summed E-state index contributed by atoms with van der Waals surface area (Å²) in [7, 11) is 1.88. The van der Waals surface area contributed by atoms with Crippen molar-refractivity contribution in [3.8, 4) is 22.5 Å². The van der Waals surface area contributed by atoms with E-state index in [1.165, 1.54) is 17.2 Å². The molecule has 6 rings (SSSR count). The van der Waals surface area contributed by atoms with Gasteiger partial charge in [-0.05, 0) is 61.1 Å². The van der Waals surface area contributed by atoms with E-state index in [9.17, 15) is 4.79 Å². The van der Waals surface area contributed by atoms with Crippen LogP contribution in [0.5, 0.6) is 0 Å². The maximum atomic E-state index is 11.9. The lowest BCUT2D eigenvalue weighted by molar-refractivity contribution is -0.127. The molecule has 3 heterocycles. The van der Waals surface area contributed by atoms with Crippen LogP contribution in [0.25, 0.3) is 28.2 Å². The SMILES string of the molecule is C=CC(=O)N1CCC(N[C@H]2CCc3cc(-c4nc5ccc(NC)nn5c4-c4ccccc4)ccc32)CC1. The first kappa shape index (κ1) is 23.4. The number of anilines is 1. The van der Waals surface area contributed by atoms with E-state index in [4.69, 9.17) is 10.1 Å². The molecule has 1 aliphatic carbocycles. The summed E-state index contributed by atoms with van der Waals surface area (Å²) in [6.07, 6.45) is 5.51. The van der Waals surface area contributed by atoms with Crippen LogP contribution in [0.1, 0.15) is 36.4 Å². The van der Waals surface area contributed by atoms with Gasteiger partial charge in [0.15, 0.2) is 5.65 Å². The molecule has 0 radical (unpaired) electrons. The Kier molecular flexibility index (Phi) is 6.22. The zero-order chi connectivity index (χ0) is 25.4. The summed E-state index contributed by atoms with van der Waals surface area (Å²) >= 11 is 0. The number of hydrogen-bond acceptors (Lipinski definition) is 5. The first-order valence-corrected chi connectivity index (χ1v) is 13.1. The van der Waals surface area contributed by atoms with E-state index in [2.05, 4.69) is 59.7 Å². The third-order valence-electron chi connectivity index (χ3n) is 7.69. The number of imidazole rings is 1. The highest BCUT2D eigenvalue weighted by Gasteiger charge is 2.28. The van der Waals surface area contributed by atoms with E-state index in [-0.39, 0.29) is 5.91 Å². The summed E-state index contributed by atoms with van der Waals surface area (Å²) < 4.78 is 1.94. The lowest BCUT2D eigenvalue weighted by Crippen LogP contribution is -2.45. The standard InChI is InChI=1S/C30H32N6O/c1-3-28(37)35-17-15-23(16-18-35)32-25-12-10-21-19-22(9-11-24(21)25)29-30(20-7-5-4-6-8-20)36-27(33-29)14-13-26(31-2)34-36/h3-9,11,13-14,19,23,25,32H,1,10,12,15-18H2,2H3,(H,31,34)/t25-/m0/s1.